The van der Waals surface area contributed by atoms with Gasteiger partial charge in [-0.25, -0.2) is 9.97 Å². The third kappa shape index (κ3) is 2.87. The van der Waals surface area contributed by atoms with Gasteiger partial charge in [0, 0.05) is 32.7 Å². The van der Waals surface area contributed by atoms with Crippen LogP contribution in [0.2, 0.25) is 0 Å². The van der Waals surface area contributed by atoms with Gasteiger partial charge >= 0.3 is 0 Å². The molecule has 1 atom stereocenters. The number of thiophene rings is 1. The number of halogens is 2. The standard InChI is InChI=1S/C15H15BrClN3S/c1-9-3-4-13(21-9)10(2)20-14(5-6-17)19-12-7-11(16)8-18-15(12)20/h3-4,7-8,10H,5-6H2,1-2H3. The molecule has 0 spiro atoms. The highest BCUT2D eigenvalue weighted by Gasteiger charge is 2.19. The van der Waals surface area contributed by atoms with Crippen LogP contribution in [-0.4, -0.2) is 20.4 Å². The SMILES string of the molecule is Cc1ccc(C(C)n2c(CCCl)nc3cc(Br)cnc32)s1. The second kappa shape index (κ2) is 6.07. The number of aryl methyl sites for hydroxylation is 2. The predicted molar refractivity (Wildman–Crippen MR) is 92.5 cm³/mol. The first kappa shape index (κ1) is 15.0. The molecule has 3 rings (SSSR count). The Kier molecular flexibility index (Phi) is 4.33. The summed E-state index contributed by atoms with van der Waals surface area (Å²) in [5.41, 5.74) is 1.82. The van der Waals surface area contributed by atoms with Gasteiger partial charge in [-0.2, -0.15) is 0 Å². The summed E-state index contributed by atoms with van der Waals surface area (Å²) < 4.78 is 3.15. The van der Waals surface area contributed by atoms with Crippen molar-refractivity contribution in [3.63, 3.8) is 0 Å². The van der Waals surface area contributed by atoms with Crippen LogP contribution >= 0.6 is 38.9 Å². The highest BCUT2D eigenvalue weighted by molar-refractivity contribution is 9.10. The molecule has 0 amide bonds. The van der Waals surface area contributed by atoms with Crippen LogP contribution in [0.15, 0.2) is 28.9 Å². The lowest BCUT2D eigenvalue weighted by Gasteiger charge is -2.15. The van der Waals surface area contributed by atoms with Crippen LogP contribution in [0.25, 0.3) is 11.2 Å². The van der Waals surface area contributed by atoms with E-state index < -0.39 is 0 Å². The van der Waals surface area contributed by atoms with Crippen molar-refractivity contribution in [3.05, 3.63) is 44.4 Å². The van der Waals surface area contributed by atoms with E-state index in [1.165, 1.54) is 9.75 Å². The van der Waals surface area contributed by atoms with E-state index in [1.54, 1.807) is 0 Å². The van der Waals surface area contributed by atoms with Crippen LogP contribution in [0.1, 0.15) is 28.5 Å². The summed E-state index contributed by atoms with van der Waals surface area (Å²) in [6, 6.07) is 6.55. The normalized spacial score (nSPS) is 13.0. The van der Waals surface area contributed by atoms with Crippen molar-refractivity contribution in [2.45, 2.75) is 26.3 Å². The first-order chi connectivity index (χ1) is 10.1. The molecule has 0 aliphatic heterocycles. The smallest absolute Gasteiger partial charge is 0.160 e. The molecular formula is C15H15BrClN3S. The van der Waals surface area contributed by atoms with E-state index in [0.717, 1.165) is 27.9 Å². The van der Waals surface area contributed by atoms with Crippen molar-refractivity contribution in [2.75, 3.05) is 5.88 Å². The Hall–Kier alpha value is -0.910. The van der Waals surface area contributed by atoms with Gasteiger partial charge in [0.1, 0.15) is 11.3 Å². The number of nitrogens with zero attached hydrogens (tertiary/aromatic N) is 3. The topological polar surface area (TPSA) is 30.7 Å². The molecule has 6 heteroatoms. The molecule has 1 unspecified atom stereocenters. The quantitative estimate of drug-likeness (QED) is 0.596. The molecule has 0 aliphatic carbocycles. The van der Waals surface area contributed by atoms with E-state index in [2.05, 4.69) is 51.5 Å². The molecule has 3 nitrogen and oxygen atoms in total. The van der Waals surface area contributed by atoms with Gasteiger partial charge in [-0.1, -0.05) is 0 Å². The van der Waals surface area contributed by atoms with Crippen molar-refractivity contribution in [2.24, 2.45) is 0 Å². The summed E-state index contributed by atoms with van der Waals surface area (Å²) in [6.07, 6.45) is 2.56. The minimum absolute atomic E-state index is 0.209. The average Bonchev–Trinajstić information content (AvgIpc) is 3.01. The second-order valence-electron chi connectivity index (χ2n) is 4.96. The van der Waals surface area contributed by atoms with Crippen molar-refractivity contribution in [3.8, 4) is 0 Å². The number of pyridine rings is 1. The summed E-state index contributed by atoms with van der Waals surface area (Å²) in [7, 11) is 0. The first-order valence-corrected chi connectivity index (χ1v) is 8.89. The Morgan fingerprint density at radius 1 is 1.43 bits per heavy atom. The van der Waals surface area contributed by atoms with Gasteiger partial charge in [0.05, 0.1) is 6.04 Å². The number of aromatic nitrogens is 3. The lowest BCUT2D eigenvalue weighted by molar-refractivity contribution is 0.628. The molecule has 0 fully saturated rings. The molecule has 0 N–H and O–H groups in total. The number of rotatable bonds is 4. The van der Waals surface area contributed by atoms with E-state index in [0.29, 0.717) is 5.88 Å². The lowest BCUT2D eigenvalue weighted by Crippen LogP contribution is -2.10. The minimum Gasteiger partial charge on any atom is -0.304 e. The molecule has 3 heterocycles. The molecular weight excluding hydrogens is 370 g/mol. The molecule has 0 radical (unpaired) electrons. The predicted octanol–water partition coefficient (Wildman–Crippen LogP) is 4.95. The Morgan fingerprint density at radius 3 is 2.90 bits per heavy atom. The Labute approximate surface area is 141 Å². The highest BCUT2D eigenvalue weighted by Crippen LogP contribution is 2.30. The lowest BCUT2D eigenvalue weighted by atomic mass is 10.2. The van der Waals surface area contributed by atoms with Crippen molar-refractivity contribution in [1.29, 1.82) is 0 Å². The fourth-order valence-corrected chi connectivity index (χ4v) is 3.89. The van der Waals surface area contributed by atoms with E-state index >= 15 is 0 Å². The number of alkyl halides is 1. The zero-order chi connectivity index (χ0) is 15.0. The number of hydrogen-bond donors (Lipinski definition) is 0. The largest absolute Gasteiger partial charge is 0.304 e. The number of hydrogen-bond acceptors (Lipinski definition) is 3. The maximum Gasteiger partial charge on any atom is 0.160 e. The third-order valence-electron chi connectivity index (χ3n) is 3.45. The van der Waals surface area contributed by atoms with Crippen LogP contribution < -0.4 is 0 Å². The fourth-order valence-electron chi connectivity index (χ4n) is 2.48. The van der Waals surface area contributed by atoms with Crippen LogP contribution in [-0.2, 0) is 6.42 Å². The average molecular weight is 385 g/mol. The molecule has 0 saturated carbocycles. The zero-order valence-corrected chi connectivity index (χ0v) is 15.0. The maximum absolute atomic E-state index is 5.94. The first-order valence-electron chi connectivity index (χ1n) is 6.75. The number of fused-ring (bicyclic) bond motifs is 1. The zero-order valence-electron chi connectivity index (χ0n) is 11.8. The van der Waals surface area contributed by atoms with Crippen LogP contribution in [0.5, 0.6) is 0 Å². The summed E-state index contributed by atoms with van der Waals surface area (Å²) in [5.74, 6) is 1.55. The summed E-state index contributed by atoms with van der Waals surface area (Å²) in [4.78, 5) is 11.9. The van der Waals surface area contributed by atoms with E-state index in [-0.39, 0.29) is 6.04 Å². The minimum atomic E-state index is 0.209. The van der Waals surface area contributed by atoms with Gasteiger partial charge in [0.25, 0.3) is 0 Å². The van der Waals surface area contributed by atoms with E-state index in [4.69, 9.17) is 16.6 Å². The Balaban J connectivity index is 2.16. The molecule has 0 aromatic carbocycles. The van der Waals surface area contributed by atoms with Crippen molar-refractivity contribution >= 4 is 50.0 Å². The van der Waals surface area contributed by atoms with Gasteiger partial charge in [0.15, 0.2) is 5.65 Å². The third-order valence-corrected chi connectivity index (χ3v) is 5.24. The molecule has 3 aromatic heterocycles. The van der Waals surface area contributed by atoms with E-state index in [1.807, 2.05) is 23.6 Å². The molecule has 0 saturated heterocycles. The molecule has 110 valence electrons. The van der Waals surface area contributed by atoms with Gasteiger partial charge in [-0.15, -0.1) is 22.9 Å². The Morgan fingerprint density at radius 2 is 2.24 bits per heavy atom. The van der Waals surface area contributed by atoms with Gasteiger partial charge in [-0.3, -0.25) is 0 Å². The highest BCUT2D eigenvalue weighted by atomic mass is 79.9. The Bertz CT molecular complexity index is 780. The molecule has 0 aliphatic rings. The maximum atomic E-state index is 5.94. The molecule has 0 bridgehead atoms. The second-order valence-corrected chi connectivity index (χ2v) is 7.57. The number of imidazole rings is 1. The molecule has 21 heavy (non-hydrogen) atoms. The van der Waals surface area contributed by atoms with Crippen LogP contribution in [0, 0.1) is 6.92 Å². The fraction of sp³-hybridized carbons (Fsp3) is 0.333. The summed E-state index contributed by atoms with van der Waals surface area (Å²) in [5, 5.41) is 0. The van der Waals surface area contributed by atoms with Gasteiger partial charge in [0.2, 0.25) is 0 Å². The monoisotopic (exact) mass is 383 g/mol. The van der Waals surface area contributed by atoms with Crippen molar-refractivity contribution in [1.82, 2.24) is 14.5 Å². The summed E-state index contributed by atoms with van der Waals surface area (Å²) >= 11 is 11.2. The summed E-state index contributed by atoms with van der Waals surface area (Å²) in [6.45, 7) is 4.32. The van der Waals surface area contributed by atoms with Crippen LogP contribution in [0.3, 0.4) is 0 Å². The van der Waals surface area contributed by atoms with E-state index in [9.17, 15) is 0 Å². The van der Waals surface area contributed by atoms with Crippen LogP contribution in [0.4, 0.5) is 0 Å². The van der Waals surface area contributed by atoms with Gasteiger partial charge < -0.3 is 4.57 Å². The molecule has 3 aromatic rings. The van der Waals surface area contributed by atoms with Gasteiger partial charge in [-0.05, 0) is 48.0 Å². The van der Waals surface area contributed by atoms with Crippen molar-refractivity contribution < 1.29 is 0 Å².